The molecule has 0 unspecified atom stereocenters. The molecule has 8 nitrogen and oxygen atoms in total. The number of aromatic nitrogens is 1. The number of nitrogens with one attached hydrogen (secondary N) is 1. The molecule has 10 heteroatoms. The Balaban J connectivity index is 2.02. The lowest BCUT2D eigenvalue weighted by Gasteiger charge is -2.02. The molecule has 3 N–H and O–H groups in total. The summed E-state index contributed by atoms with van der Waals surface area (Å²) in [5, 5.41) is 15.5. The van der Waals surface area contributed by atoms with Gasteiger partial charge >= 0.3 is 0 Å². The van der Waals surface area contributed by atoms with Gasteiger partial charge in [-0.15, -0.1) is 23.1 Å². The number of nitro groups is 1. The van der Waals surface area contributed by atoms with Crippen LogP contribution in [0, 0.1) is 10.1 Å². The van der Waals surface area contributed by atoms with E-state index >= 15 is 0 Å². The van der Waals surface area contributed by atoms with Crippen molar-refractivity contribution in [1.29, 1.82) is 0 Å². The number of amides is 2. The van der Waals surface area contributed by atoms with Crippen molar-refractivity contribution in [2.45, 2.75) is 5.75 Å². The summed E-state index contributed by atoms with van der Waals surface area (Å²) in [7, 11) is 0. The lowest BCUT2D eigenvalue weighted by Crippen LogP contribution is -2.14. The summed E-state index contributed by atoms with van der Waals surface area (Å²) in [6, 6.07) is 5.69. The maximum Gasteiger partial charge on any atom is 0.282 e. The summed E-state index contributed by atoms with van der Waals surface area (Å²) in [5.74, 6) is -0.325. The molecular weight excluding hydrogens is 340 g/mol. The van der Waals surface area contributed by atoms with Crippen molar-refractivity contribution in [3.63, 3.8) is 0 Å². The zero-order valence-electron chi connectivity index (χ0n) is 11.7. The molecule has 120 valence electrons. The maximum atomic E-state index is 12.1. The number of carbonyl (C=O) groups is 2. The van der Waals surface area contributed by atoms with E-state index in [4.69, 9.17) is 5.73 Å². The van der Waals surface area contributed by atoms with Crippen LogP contribution >= 0.6 is 23.1 Å². The summed E-state index contributed by atoms with van der Waals surface area (Å²) in [4.78, 5) is 37.3. The Morgan fingerprint density at radius 2 is 2.13 bits per heavy atom. The smallest absolute Gasteiger partial charge is 0.282 e. The number of rotatable bonds is 7. The average molecular weight is 352 g/mol. The lowest BCUT2D eigenvalue weighted by atomic mass is 10.1. The summed E-state index contributed by atoms with van der Waals surface area (Å²) in [6.07, 6.45) is 0. The van der Waals surface area contributed by atoms with Gasteiger partial charge in [0, 0.05) is 17.2 Å². The third-order valence-electron chi connectivity index (χ3n) is 2.61. The van der Waals surface area contributed by atoms with Gasteiger partial charge in [-0.3, -0.25) is 25.0 Å². The van der Waals surface area contributed by atoms with Crippen LogP contribution in [0.1, 0.15) is 16.1 Å². The van der Waals surface area contributed by atoms with E-state index in [0.29, 0.717) is 16.6 Å². The fraction of sp³-hybridized carbons (Fsp3) is 0.154. The Morgan fingerprint density at radius 3 is 2.83 bits per heavy atom. The molecule has 1 aromatic heterocycles. The van der Waals surface area contributed by atoms with Crippen molar-refractivity contribution >= 4 is 45.7 Å². The quantitative estimate of drug-likeness (QED) is 0.579. The number of nitrogens with two attached hydrogens (primary N) is 1. The molecule has 0 fully saturated rings. The molecular formula is C13H12N4O4S2. The molecule has 1 heterocycles. The van der Waals surface area contributed by atoms with E-state index in [1.807, 2.05) is 0 Å². The fourth-order valence-electron chi connectivity index (χ4n) is 1.68. The van der Waals surface area contributed by atoms with E-state index in [1.165, 1.54) is 41.3 Å². The van der Waals surface area contributed by atoms with Gasteiger partial charge < -0.3 is 5.73 Å². The van der Waals surface area contributed by atoms with Gasteiger partial charge in [0.25, 0.3) is 11.6 Å². The Hall–Kier alpha value is -2.46. The highest BCUT2D eigenvalue weighted by Crippen LogP contribution is 2.22. The van der Waals surface area contributed by atoms with E-state index < -0.39 is 16.7 Å². The molecule has 0 spiro atoms. The van der Waals surface area contributed by atoms with E-state index in [-0.39, 0.29) is 17.0 Å². The number of carbonyl (C=O) groups excluding carboxylic acids is 2. The first-order chi connectivity index (χ1) is 11.0. The SMILES string of the molecule is NC(=O)CSCc1csc(NC(=O)c2ccccc2[N+](=O)[O-])n1. The first-order valence-electron chi connectivity index (χ1n) is 6.32. The van der Waals surface area contributed by atoms with E-state index in [9.17, 15) is 19.7 Å². The number of thioether (sulfide) groups is 1. The molecule has 0 atom stereocenters. The van der Waals surface area contributed by atoms with Crippen LogP contribution in [0.25, 0.3) is 0 Å². The Labute approximate surface area is 139 Å². The first-order valence-corrected chi connectivity index (χ1v) is 8.36. The van der Waals surface area contributed by atoms with Crippen LogP contribution in [-0.4, -0.2) is 27.5 Å². The molecule has 2 amide bonds. The molecule has 0 radical (unpaired) electrons. The second kappa shape index (κ2) is 7.70. The molecule has 0 saturated carbocycles. The van der Waals surface area contributed by atoms with E-state index in [2.05, 4.69) is 10.3 Å². The van der Waals surface area contributed by atoms with E-state index in [0.717, 1.165) is 0 Å². The Bertz CT molecular complexity index is 747. The molecule has 0 saturated heterocycles. The van der Waals surface area contributed by atoms with Crippen molar-refractivity contribution in [1.82, 2.24) is 4.98 Å². The number of benzene rings is 1. The maximum absolute atomic E-state index is 12.1. The normalized spacial score (nSPS) is 10.3. The summed E-state index contributed by atoms with van der Waals surface area (Å²) >= 11 is 2.52. The Kier molecular flexibility index (Phi) is 5.66. The third-order valence-corrected chi connectivity index (χ3v) is 4.41. The highest BCUT2D eigenvalue weighted by Gasteiger charge is 2.20. The minimum absolute atomic E-state index is 0.0302. The predicted octanol–water partition coefficient (Wildman–Crippen LogP) is 2.02. The second-order valence-corrected chi connectivity index (χ2v) is 6.18. The van der Waals surface area contributed by atoms with Gasteiger partial charge in [-0.05, 0) is 6.07 Å². The second-order valence-electron chi connectivity index (χ2n) is 4.33. The zero-order valence-corrected chi connectivity index (χ0v) is 13.4. The molecule has 0 aliphatic heterocycles. The lowest BCUT2D eigenvalue weighted by molar-refractivity contribution is -0.385. The van der Waals surface area contributed by atoms with Gasteiger partial charge in [0.15, 0.2) is 5.13 Å². The van der Waals surface area contributed by atoms with Crippen LogP contribution in [0.3, 0.4) is 0 Å². The summed E-state index contributed by atoms with van der Waals surface area (Å²) in [5.41, 5.74) is 5.44. The monoisotopic (exact) mass is 352 g/mol. The number of hydrogen-bond donors (Lipinski definition) is 2. The minimum Gasteiger partial charge on any atom is -0.369 e. The molecule has 2 rings (SSSR count). The molecule has 2 aromatic rings. The van der Waals surface area contributed by atoms with Gasteiger partial charge in [0.1, 0.15) is 5.56 Å². The van der Waals surface area contributed by atoms with Gasteiger partial charge in [-0.1, -0.05) is 12.1 Å². The zero-order chi connectivity index (χ0) is 16.8. The number of thiazole rings is 1. The molecule has 0 aliphatic rings. The highest BCUT2D eigenvalue weighted by molar-refractivity contribution is 7.99. The number of nitrogens with zero attached hydrogens (tertiary/aromatic N) is 2. The topological polar surface area (TPSA) is 128 Å². The van der Waals surface area contributed by atoms with E-state index in [1.54, 1.807) is 11.4 Å². The number of para-hydroxylation sites is 1. The summed E-state index contributed by atoms with van der Waals surface area (Å²) < 4.78 is 0. The van der Waals surface area contributed by atoms with Crippen molar-refractivity contribution in [3.8, 4) is 0 Å². The molecule has 23 heavy (non-hydrogen) atoms. The van der Waals surface area contributed by atoms with Crippen LogP contribution in [0.15, 0.2) is 29.6 Å². The number of anilines is 1. The highest BCUT2D eigenvalue weighted by atomic mass is 32.2. The van der Waals surface area contributed by atoms with Crippen LogP contribution < -0.4 is 11.1 Å². The van der Waals surface area contributed by atoms with Crippen molar-refractivity contribution < 1.29 is 14.5 Å². The van der Waals surface area contributed by atoms with Crippen LogP contribution in [0.4, 0.5) is 10.8 Å². The van der Waals surface area contributed by atoms with Crippen LogP contribution in [0.2, 0.25) is 0 Å². The van der Waals surface area contributed by atoms with Gasteiger partial charge in [-0.2, -0.15) is 0 Å². The molecule has 1 aromatic carbocycles. The van der Waals surface area contributed by atoms with Crippen molar-refractivity contribution in [2.75, 3.05) is 11.1 Å². The number of hydrogen-bond acceptors (Lipinski definition) is 7. The van der Waals surface area contributed by atoms with Gasteiger partial charge in [0.2, 0.25) is 5.91 Å². The van der Waals surface area contributed by atoms with Gasteiger partial charge in [-0.25, -0.2) is 4.98 Å². The Morgan fingerprint density at radius 1 is 1.39 bits per heavy atom. The summed E-state index contributed by atoms with van der Waals surface area (Å²) in [6.45, 7) is 0. The largest absolute Gasteiger partial charge is 0.369 e. The van der Waals surface area contributed by atoms with Crippen LogP contribution in [-0.2, 0) is 10.5 Å². The van der Waals surface area contributed by atoms with Crippen LogP contribution in [0.5, 0.6) is 0 Å². The first kappa shape index (κ1) is 16.9. The standard InChI is InChI=1S/C13H12N4O4S2/c14-11(18)7-22-5-8-6-23-13(15-8)16-12(19)9-3-1-2-4-10(9)17(20)21/h1-4,6H,5,7H2,(H2,14,18)(H,15,16,19). The third kappa shape index (κ3) is 4.76. The number of primary amides is 1. The average Bonchev–Trinajstić information content (AvgIpc) is 2.94. The number of nitro benzene ring substituents is 1. The minimum atomic E-state index is -0.608. The van der Waals surface area contributed by atoms with Crippen molar-refractivity contribution in [3.05, 3.63) is 51.0 Å². The van der Waals surface area contributed by atoms with Gasteiger partial charge in [0.05, 0.1) is 16.4 Å². The fourth-order valence-corrected chi connectivity index (χ4v) is 3.15. The molecule has 0 bridgehead atoms. The predicted molar refractivity (Wildman–Crippen MR) is 88.5 cm³/mol. The van der Waals surface area contributed by atoms with Crippen molar-refractivity contribution in [2.24, 2.45) is 5.73 Å². The molecule has 0 aliphatic carbocycles.